The first-order chi connectivity index (χ1) is 9.65. The van der Waals surface area contributed by atoms with E-state index >= 15 is 0 Å². The number of rotatable bonds is 2. The van der Waals surface area contributed by atoms with E-state index in [4.69, 9.17) is 5.73 Å². The van der Waals surface area contributed by atoms with Gasteiger partial charge in [-0.25, -0.2) is 4.39 Å². The summed E-state index contributed by atoms with van der Waals surface area (Å²) in [6.45, 7) is 0. The number of nitrogens with zero attached hydrogens (tertiary/aromatic N) is 1. The van der Waals surface area contributed by atoms with Gasteiger partial charge in [0.1, 0.15) is 5.82 Å². The zero-order valence-electron chi connectivity index (χ0n) is 10.6. The summed E-state index contributed by atoms with van der Waals surface area (Å²) < 4.78 is 14.2. The van der Waals surface area contributed by atoms with Gasteiger partial charge in [0, 0.05) is 22.3 Å². The minimum Gasteiger partial charge on any atom is -0.320 e. The number of hydrogen-bond donors (Lipinski definition) is 1. The van der Waals surface area contributed by atoms with Gasteiger partial charge < -0.3 is 5.73 Å². The van der Waals surface area contributed by atoms with Crippen LogP contribution < -0.4 is 5.73 Å². The quantitative estimate of drug-likeness (QED) is 0.765. The fourth-order valence-electron chi connectivity index (χ4n) is 2.35. The molecule has 2 N–H and O–H groups in total. The lowest BCUT2D eigenvalue weighted by atomic mass is 9.95. The molecule has 3 aromatic rings. The lowest BCUT2D eigenvalue weighted by Crippen LogP contribution is -2.12. The van der Waals surface area contributed by atoms with E-state index in [0.717, 1.165) is 21.9 Å². The van der Waals surface area contributed by atoms with Gasteiger partial charge in [0.2, 0.25) is 0 Å². The zero-order valence-corrected chi connectivity index (χ0v) is 12.1. The lowest BCUT2D eigenvalue weighted by molar-refractivity contribution is 0.622. The van der Waals surface area contributed by atoms with Gasteiger partial charge in [-0.1, -0.05) is 34.1 Å². The first kappa shape index (κ1) is 13.2. The molecule has 1 atom stereocenters. The highest BCUT2D eigenvalue weighted by Crippen LogP contribution is 2.28. The second-order valence-electron chi connectivity index (χ2n) is 4.62. The Bertz CT molecular complexity index is 748. The maximum Gasteiger partial charge on any atom is 0.124 e. The van der Waals surface area contributed by atoms with Crippen LogP contribution in [0.1, 0.15) is 17.2 Å². The summed E-state index contributed by atoms with van der Waals surface area (Å²) in [4.78, 5) is 4.11. The van der Waals surface area contributed by atoms with Gasteiger partial charge in [-0.05, 0) is 40.8 Å². The van der Waals surface area contributed by atoms with Crippen molar-refractivity contribution < 1.29 is 4.39 Å². The first-order valence-electron chi connectivity index (χ1n) is 6.19. The molecule has 0 fully saturated rings. The molecule has 1 heterocycles. The standard InChI is InChI=1S/C16H12BrFN2/c17-12-6-11(7-13(18)8-12)16(19)15-3-1-2-10-9-20-5-4-14(10)15/h1-9,16H,19H2. The predicted octanol–water partition coefficient (Wildman–Crippen LogP) is 4.18. The van der Waals surface area contributed by atoms with Gasteiger partial charge >= 0.3 is 0 Å². The molecule has 0 aliphatic carbocycles. The van der Waals surface area contributed by atoms with E-state index in [0.29, 0.717) is 4.47 Å². The fraction of sp³-hybridized carbons (Fsp3) is 0.0625. The molecular weight excluding hydrogens is 319 g/mol. The minimum atomic E-state index is -0.381. The summed E-state index contributed by atoms with van der Waals surface area (Å²) in [5.74, 6) is -0.299. The maximum atomic E-state index is 13.5. The van der Waals surface area contributed by atoms with Gasteiger partial charge in [-0.2, -0.15) is 0 Å². The van der Waals surface area contributed by atoms with Crippen LogP contribution in [-0.2, 0) is 0 Å². The Kier molecular flexibility index (Phi) is 3.51. The van der Waals surface area contributed by atoms with Crippen molar-refractivity contribution in [3.63, 3.8) is 0 Å². The van der Waals surface area contributed by atoms with Crippen molar-refractivity contribution in [3.05, 3.63) is 76.3 Å². The van der Waals surface area contributed by atoms with Crippen LogP contribution in [0.3, 0.4) is 0 Å². The SMILES string of the molecule is NC(c1cc(F)cc(Br)c1)c1cccc2cnccc12. The zero-order chi connectivity index (χ0) is 14.1. The van der Waals surface area contributed by atoms with Gasteiger partial charge in [-0.15, -0.1) is 0 Å². The maximum absolute atomic E-state index is 13.5. The minimum absolute atomic E-state index is 0.299. The van der Waals surface area contributed by atoms with Crippen LogP contribution in [0.5, 0.6) is 0 Å². The van der Waals surface area contributed by atoms with E-state index < -0.39 is 0 Å². The Balaban J connectivity index is 2.15. The van der Waals surface area contributed by atoms with Crippen LogP contribution in [-0.4, -0.2) is 4.98 Å². The number of pyridine rings is 1. The number of halogens is 2. The molecule has 0 radical (unpaired) electrons. The Morgan fingerprint density at radius 2 is 2.00 bits per heavy atom. The summed E-state index contributed by atoms with van der Waals surface area (Å²) in [7, 11) is 0. The molecule has 0 aliphatic heterocycles. The average molecular weight is 331 g/mol. The Labute approximate surface area is 124 Å². The van der Waals surface area contributed by atoms with Gasteiger partial charge in [0.15, 0.2) is 0 Å². The van der Waals surface area contributed by atoms with Crippen LogP contribution in [0.4, 0.5) is 4.39 Å². The largest absolute Gasteiger partial charge is 0.320 e. The van der Waals surface area contributed by atoms with Crippen molar-refractivity contribution in [2.24, 2.45) is 5.73 Å². The molecule has 0 aliphatic rings. The van der Waals surface area contributed by atoms with Gasteiger partial charge in [-0.3, -0.25) is 4.98 Å². The molecular formula is C16H12BrFN2. The molecule has 2 aromatic carbocycles. The van der Waals surface area contributed by atoms with E-state index in [2.05, 4.69) is 20.9 Å². The van der Waals surface area contributed by atoms with Gasteiger partial charge in [0.05, 0.1) is 6.04 Å². The van der Waals surface area contributed by atoms with E-state index in [1.807, 2.05) is 30.3 Å². The van der Waals surface area contributed by atoms with Gasteiger partial charge in [0.25, 0.3) is 0 Å². The number of benzene rings is 2. The molecule has 0 saturated carbocycles. The van der Waals surface area contributed by atoms with Crippen molar-refractivity contribution in [1.82, 2.24) is 4.98 Å². The average Bonchev–Trinajstić information content (AvgIpc) is 2.45. The third-order valence-electron chi connectivity index (χ3n) is 3.29. The van der Waals surface area contributed by atoms with Crippen LogP contribution in [0.2, 0.25) is 0 Å². The molecule has 1 aromatic heterocycles. The molecule has 3 rings (SSSR count). The second-order valence-corrected chi connectivity index (χ2v) is 5.54. The molecule has 0 spiro atoms. The summed E-state index contributed by atoms with van der Waals surface area (Å²) in [5, 5.41) is 2.06. The third kappa shape index (κ3) is 2.44. The summed E-state index contributed by atoms with van der Waals surface area (Å²) >= 11 is 3.30. The lowest BCUT2D eigenvalue weighted by Gasteiger charge is -2.15. The van der Waals surface area contributed by atoms with Crippen molar-refractivity contribution in [2.45, 2.75) is 6.04 Å². The molecule has 100 valence electrons. The monoisotopic (exact) mass is 330 g/mol. The van der Waals surface area contributed by atoms with Crippen LogP contribution >= 0.6 is 15.9 Å². The summed E-state index contributed by atoms with van der Waals surface area (Å²) in [5.41, 5.74) is 8.01. The molecule has 1 unspecified atom stereocenters. The predicted molar refractivity (Wildman–Crippen MR) is 81.9 cm³/mol. The van der Waals surface area contributed by atoms with E-state index in [9.17, 15) is 4.39 Å². The molecule has 0 saturated heterocycles. The van der Waals surface area contributed by atoms with Crippen molar-refractivity contribution in [1.29, 1.82) is 0 Å². The number of fused-ring (bicyclic) bond motifs is 1. The van der Waals surface area contributed by atoms with E-state index in [1.54, 1.807) is 12.4 Å². The highest BCUT2D eigenvalue weighted by atomic mass is 79.9. The second kappa shape index (κ2) is 5.31. The van der Waals surface area contributed by atoms with Crippen LogP contribution in [0.15, 0.2) is 59.3 Å². The number of nitrogens with two attached hydrogens (primary N) is 1. The molecule has 0 bridgehead atoms. The Morgan fingerprint density at radius 3 is 2.80 bits per heavy atom. The normalized spacial score (nSPS) is 12.6. The Hall–Kier alpha value is -1.78. The third-order valence-corrected chi connectivity index (χ3v) is 3.75. The smallest absolute Gasteiger partial charge is 0.124 e. The fourth-order valence-corrected chi connectivity index (χ4v) is 2.84. The summed E-state index contributed by atoms with van der Waals surface area (Å²) in [6.07, 6.45) is 3.53. The Morgan fingerprint density at radius 1 is 1.15 bits per heavy atom. The molecule has 0 amide bonds. The molecule has 4 heteroatoms. The summed E-state index contributed by atoms with van der Waals surface area (Å²) in [6, 6.07) is 12.2. The topological polar surface area (TPSA) is 38.9 Å². The van der Waals surface area contributed by atoms with E-state index in [-0.39, 0.29) is 11.9 Å². The van der Waals surface area contributed by atoms with Crippen LogP contribution in [0.25, 0.3) is 10.8 Å². The highest BCUT2D eigenvalue weighted by molar-refractivity contribution is 9.10. The first-order valence-corrected chi connectivity index (χ1v) is 6.98. The van der Waals surface area contributed by atoms with Crippen molar-refractivity contribution >= 4 is 26.7 Å². The van der Waals surface area contributed by atoms with Crippen molar-refractivity contribution in [2.75, 3.05) is 0 Å². The van der Waals surface area contributed by atoms with Crippen molar-refractivity contribution in [3.8, 4) is 0 Å². The number of hydrogen-bond acceptors (Lipinski definition) is 2. The number of aromatic nitrogens is 1. The molecule has 2 nitrogen and oxygen atoms in total. The molecule has 20 heavy (non-hydrogen) atoms. The van der Waals surface area contributed by atoms with E-state index in [1.165, 1.54) is 12.1 Å². The highest BCUT2D eigenvalue weighted by Gasteiger charge is 2.13. The van der Waals surface area contributed by atoms with Crippen LogP contribution in [0, 0.1) is 5.82 Å².